The van der Waals surface area contributed by atoms with Gasteiger partial charge in [0.05, 0.1) is 30.6 Å². The summed E-state index contributed by atoms with van der Waals surface area (Å²) in [6.45, 7) is 1.86. The molecule has 6 rings (SSSR count). The Bertz CT molecular complexity index is 1610. The van der Waals surface area contributed by atoms with E-state index < -0.39 is 11.9 Å². The number of carbonyl (C=O) groups is 1. The van der Waals surface area contributed by atoms with Crippen molar-refractivity contribution in [2.45, 2.75) is 38.5 Å². The van der Waals surface area contributed by atoms with Crippen LogP contribution in [0, 0.1) is 6.92 Å². The first-order valence-corrected chi connectivity index (χ1v) is 10.9. The molecule has 0 radical (unpaired) electrons. The van der Waals surface area contributed by atoms with Crippen LogP contribution in [0.5, 0.6) is 11.5 Å². The molecular formula is C26H20O7. The minimum atomic E-state index is -0.540. The van der Waals surface area contributed by atoms with Crippen molar-refractivity contribution >= 4 is 27.9 Å². The van der Waals surface area contributed by atoms with Crippen LogP contribution in [0.2, 0.25) is 0 Å². The van der Waals surface area contributed by atoms with E-state index in [1.807, 2.05) is 6.92 Å². The van der Waals surface area contributed by atoms with Crippen molar-refractivity contribution in [2.75, 3.05) is 7.11 Å². The molecule has 4 aromatic rings. The number of methoxy groups -OCH3 is 1. The van der Waals surface area contributed by atoms with E-state index in [-0.39, 0.29) is 17.5 Å². The number of carbonyl (C=O) groups excluding carboxylic acids is 1. The third-order valence-electron chi connectivity index (χ3n) is 6.78. The second kappa shape index (κ2) is 7.07. The molecule has 0 amide bonds. The minimum absolute atomic E-state index is 0.0125. The van der Waals surface area contributed by atoms with Gasteiger partial charge in [-0.1, -0.05) is 0 Å². The van der Waals surface area contributed by atoms with Gasteiger partial charge in [-0.15, -0.1) is 0 Å². The molecule has 1 aliphatic carbocycles. The van der Waals surface area contributed by atoms with Crippen LogP contribution in [-0.2, 0) is 17.6 Å². The molecule has 3 heterocycles. The maximum atomic E-state index is 13.5. The summed E-state index contributed by atoms with van der Waals surface area (Å²) >= 11 is 0. The lowest BCUT2D eigenvalue weighted by atomic mass is 9.82. The smallest absolute Gasteiger partial charge is 0.339 e. The quantitative estimate of drug-likeness (QED) is 0.260. The molecule has 0 saturated carbocycles. The first-order chi connectivity index (χ1) is 16.0. The van der Waals surface area contributed by atoms with Gasteiger partial charge in [0.25, 0.3) is 0 Å². The molecule has 0 spiro atoms. The summed E-state index contributed by atoms with van der Waals surface area (Å²) in [6.07, 6.45) is 3.65. The van der Waals surface area contributed by atoms with E-state index in [4.69, 9.17) is 18.3 Å². The molecule has 1 unspecified atom stereocenters. The van der Waals surface area contributed by atoms with Crippen molar-refractivity contribution in [3.05, 3.63) is 79.0 Å². The monoisotopic (exact) mass is 444 g/mol. The lowest BCUT2D eigenvalue weighted by Crippen LogP contribution is -2.26. The number of aryl methyl sites for hydroxylation is 2. The Kier molecular flexibility index (Phi) is 4.24. The molecule has 2 aromatic heterocycles. The molecule has 2 aliphatic rings. The summed E-state index contributed by atoms with van der Waals surface area (Å²) in [5, 5.41) is 1.05. The van der Waals surface area contributed by atoms with E-state index in [0.29, 0.717) is 57.4 Å². The van der Waals surface area contributed by atoms with Crippen molar-refractivity contribution in [3.8, 4) is 11.5 Å². The Labute approximate surface area is 187 Å². The van der Waals surface area contributed by atoms with Gasteiger partial charge in [0, 0.05) is 22.6 Å². The Morgan fingerprint density at radius 2 is 1.85 bits per heavy atom. The van der Waals surface area contributed by atoms with Crippen LogP contribution in [0.4, 0.5) is 0 Å². The van der Waals surface area contributed by atoms with Crippen molar-refractivity contribution in [3.63, 3.8) is 0 Å². The van der Waals surface area contributed by atoms with Crippen LogP contribution in [0.15, 0.2) is 49.0 Å². The zero-order chi connectivity index (χ0) is 22.9. The highest BCUT2D eigenvalue weighted by atomic mass is 16.5. The average Bonchev–Trinajstić information content (AvgIpc) is 3.29. The largest absolute Gasteiger partial charge is 0.497 e. The predicted octanol–water partition coefficient (Wildman–Crippen LogP) is 4.15. The van der Waals surface area contributed by atoms with Crippen molar-refractivity contribution < 1.29 is 23.1 Å². The molecule has 0 bridgehead atoms. The fraction of sp³-hybridized carbons (Fsp3) is 0.269. The zero-order valence-corrected chi connectivity index (χ0v) is 18.2. The van der Waals surface area contributed by atoms with Gasteiger partial charge in [-0.2, -0.15) is 0 Å². The highest BCUT2D eigenvalue weighted by Gasteiger charge is 2.36. The lowest BCUT2D eigenvalue weighted by Gasteiger charge is -2.27. The van der Waals surface area contributed by atoms with E-state index in [1.54, 1.807) is 24.3 Å². The topological polar surface area (TPSA) is 95.9 Å². The number of hydrogen-bond acceptors (Lipinski definition) is 7. The Morgan fingerprint density at radius 3 is 2.67 bits per heavy atom. The second-order valence-electron chi connectivity index (χ2n) is 8.62. The summed E-state index contributed by atoms with van der Waals surface area (Å²) in [6, 6.07) is 6.85. The highest BCUT2D eigenvalue weighted by Crippen LogP contribution is 2.46. The van der Waals surface area contributed by atoms with Crippen molar-refractivity contribution in [2.24, 2.45) is 0 Å². The Balaban J connectivity index is 1.65. The zero-order valence-electron chi connectivity index (χ0n) is 18.2. The van der Waals surface area contributed by atoms with E-state index in [0.717, 1.165) is 23.1 Å². The van der Waals surface area contributed by atoms with Crippen LogP contribution in [0.25, 0.3) is 21.9 Å². The number of rotatable bonds is 2. The summed E-state index contributed by atoms with van der Waals surface area (Å²) in [5.74, 6) is -0.0505. The molecule has 0 N–H and O–H groups in total. The van der Waals surface area contributed by atoms with E-state index in [9.17, 15) is 14.4 Å². The summed E-state index contributed by atoms with van der Waals surface area (Å²) in [5.41, 5.74) is 3.72. The van der Waals surface area contributed by atoms with Crippen molar-refractivity contribution in [1.29, 1.82) is 0 Å². The molecule has 0 fully saturated rings. The van der Waals surface area contributed by atoms with Crippen LogP contribution >= 0.6 is 0 Å². The summed E-state index contributed by atoms with van der Waals surface area (Å²) in [7, 11) is 1.53. The molecule has 166 valence electrons. The Hall–Kier alpha value is -3.87. The minimum Gasteiger partial charge on any atom is -0.497 e. The standard InChI is InChI=1S/C26H20O7/c1-12-8-20-23(14-4-3-5-15(14)26(29)32-20)25-22(12)16(10-21(27)33-25)18-11-31-19-7-6-13(30-2)9-17(19)24(18)28/h6-9,11,16H,3-5,10H2,1-2H3. The fourth-order valence-electron chi connectivity index (χ4n) is 5.27. The van der Waals surface area contributed by atoms with E-state index >= 15 is 0 Å². The maximum absolute atomic E-state index is 13.5. The van der Waals surface area contributed by atoms with Crippen LogP contribution in [-0.4, -0.2) is 13.1 Å². The maximum Gasteiger partial charge on any atom is 0.339 e. The molecule has 7 nitrogen and oxygen atoms in total. The molecule has 1 aliphatic heterocycles. The first kappa shape index (κ1) is 19.8. The molecule has 2 aromatic carbocycles. The van der Waals surface area contributed by atoms with E-state index in [2.05, 4.69) is 0 Å². The number of ether oxygens (including phenoxy) is 2. The van der Waals surface area contributed by atoms with Gasteiger partial charge >= 0.3 is 11.6 Å². The van der Waals surface area contributed by atoms with Crippen molar-refractivity contribution in [1.82, 2.24) is 0 Å². The lowest BCUT2D eigenvalue weighted by molar-refractivity contribution is -0.135. The van der Waals surface area contributed by atoms with Gasteiger partial charge < -0.3 is 18.3 Å². The SMILES string of the molecule is COc1ccc2occ(C3CC(=O)Oc4c3c(C)cc3oc(=O)c5c(c43)CCC5)c(=O)c2c1. The average molecular weight is 444 g/mol. The van der Waals surface area contributed by atoms with Gasteiger partial charge in [0.15, 0.2) is 5.43 Å². The summed E-state index contributed by atoms with van der Waals surface area (Å²) < 4.78 is 22.4. The molecular weight excluding hydrogens is 424 g/mol. The van der Waals surface area contributed by atoms with Gasteiger partial charge in [-0.25, -0.2) is 4.79 Å². The van der Waals surface area contributed by atoms with E-state index in [1.165, 1.54) is 13.4 Å². The molecule has 33 heavy (non-hydrogen) atoms. The molecule has 7 heteroatoms. The van der Waals surface area contributed by atoms with Gasteiger partial charge in [0.2, 0.25) is 0 Å². The van der Waals surface area contributed by atoms with Crippen LogP contribution in [0.1, 0.15) is 46.6 Å². The number of esters is 1. The number of benzene rings is 2. The van der Waals surface area contributed by atoms with Crippen LogP contribution < -0.4 is 20.5 Å². The van der Waals surface area contributed by atoms with Gasteiger partial charge in [-0.05, 0) is 61.6 Å². The van der Waals surface area contributed by atoms with Crippen LogP contribution in [0.3, 0.4) is 0 Å². The third-order valence-corrected chi connectivity index (χ3v) is 6.78. The predicted molar refractivity (Wildman–Crippen MR) is 120 cm³/mol. The third kappa shape index (κ3) is 2.85. The second-order valence-corrected chi connectivity index (χ2v) is 8.62. The van der Waals surface area contributed by atoms with Gasteiger partial charge in [-0.3, -0.25) is 9.59 Å². The molecule has 0 saturated heterocycles. The normalized spacial score (nSPS) is 17.2. The fourth-order valence-corrected chi connectivity index (χ4v) is 5.27. The number of fused-ring (bicyclic) bond motifs is 6. The highest BCUT2D eigenvalue weighted by molar-refractivity contribution is 5.95. The number of hydrogen-bond donors (Lipinski definition) is 0. The first-order valence-electron chi connectivity index (χ1n) is 10.9. The van der Waals surface area contributed by atoms with Gasteiger partial charge in [0.1, 0.15) is 22.7 Å². The Morgan fingerprint density at radius 1 is 1.03 bits per heavy atom. The molecule has 1 atom stereocenters. The summed E-state index contributed by atoms with van der Waals surface area (Å²) in [4.78, 5) is 38.7.